The molecule has 0 radical (unpaired) electrons. The quantitative estimate of drug-likeness (QED) is 0.541. The highest BCUT2D eigenvalue weighted by Gasteiger charge is 2.12. The SMILES string of the molecule is CCc1nn(-c2ccnc(SC)n2)c2ncccc12. The smallest absolute Gasteiger partial charge is 0.189 e. The van der Waals surface area contributed by atoms with E-state index in [1.54, 1.807) is 17.1 Å². The molecule has 0 saturated heterocycles. The summed E-state index contributed by atoms with van der Waals surface area (Å²) < 4.78 is 1.79. The van der Waals surface area contributed by atoms with Crippen LogP contribution >= 0.6 is 11.8 Å². The largest absolute Gasteiger partial charge is 0.236 e. The number of aryl methyl sites for hydroxylation is 1. The summed E-state index contributed by atoms with van der Waals surface area (Å²) in [4.78, 5) is 13.1. The average molecular weight is 271 g/mol. The Bertz CT molecular complexity index is 722. The third kappa shape index (κ3) is 2.08. The predicted molar refractivity (Wildman–Crippen MR) is 75.6 cm³/mol. The van der Waals surface area contributed by atoms with Gasteiger partial charge in [-0.3, -0.25) is 0 Å². The Kier molecular flexibility index (Phi) is 3.16. The number of fused-ring (bicyclic) bond motifs is 1. The third-order valence-electron chi connectivity index (χ3n) is 2.87. The molecule has 0 spiro atoms. The summed E-state index contributed by atoms with van der Waals surface area (Å²) in [6.07, 6.45) is 6.35. The molecule has 0 amide bonds. The van der Waals surface area contributed by atoms with Crippen LogP contribution < -0.4 is 0 Å². The fourth-order valence-electron chi connectivity index (χ4n) is 1.98. The molecular weight excluding hydrogens is 258 g/mol. The van der Waals surface area contributed by atoms with E-state index in [1.807, 2.05) is 24.5 Å². The highest BCUT2D eigenvalue weighted by atomic mass is 32.2. The van der Waals surface area contributed by atoms with E-state index in [-0.39, 0.29) is 0 Å². The predicted octanol–water partition coefficient (Wildman–Crippen LogP) is 2.49. The first-order valence-electron chi connectivity index (χ1n) is 6.03. The van der Waals surface area contributed by atoms with Gasteiger partial charge in [-0.1, -0.05) is 18.7 Å². The monoisotopic (exact) mass is 271 g/mol. The Hall–Kier alpha value is -1.95. The van der Waals surface area contributed by atoms with Gasteiger partial charge in [0.15, 0.2) is 16.6 Å². The van der Waals surface area contributed by atoms with Crippen LogP contribution in [0.5, 0.6) is 0 Å². The van der Waals surface area contributed by atoms with Gasteiger partial charge in [0.2, 0.25) is 0 Å². The zero-order valence-electron chi connectivity index (χ0n) is 10.7. The van der Waals surface area contributed by atoms with Gasteiger partial charge in [-0.2, -0.15) is 9.78 Å². The number of hydrogen-bond donors (Lipinski definition) is 0. The van der Waals surface area contributed by atoms with E-state index in [0.717, 1.165) is 34.1 Å². The maximum absolute atomic E-state index is 4.61. The van der Waals surface area contributed by atoms with Crippen LogP contribution in [0.15, 0.2) is 35.7 Å². The normalized spacial score (nSPS) is 11.1. The van der Waals surface area contributed by atoms with Crippen molar-refractivity contribution in [2.24, 2.45) is 0 Å². The van der Waals surface area contributed by atoms with Crippen molar-refractivity contribution < 1.29 is 0 Å². The van der Waals surface area contributed by atoms with E-state index in [4.69, 9.17) is 0 Å². The molecule has 0 atom stereocenters. The van der Waals surface area contributed by atoms with Crippen molar-refractivity contribution in [1.29, 1.82) is 0 Å². The molecule has 3 heterocycles. The highest BCUT2D eigenvalue weighted by molar-refractivity contribution is 7.98. The summed E-state index contributed by atoms with van der Waals surface area (Å²) in [5, 5.41) is 6.42. The average Bonchev–Trinajstić information content (AvgIpc) is 2.86. The van der Waals surface area contributed by atoms with E-state index in [2.05, 4.69) is 27.0 Å². The topological polar surface area (TPSA) is 56.5 Å². The standard InChI is InChI=1S/C13H13N5S/c1-3-10-9-5-4-7-14-12(9)18(17-10)11-6-8-15-13(16-11)19-2/h4-8H,3H2,1-2H3. The summed E-state index contributed by atoms with van der Waals surface area (Å²) in [7, 11) is 0. The maximum Gasteiger partial charge on any atom is 0.189 e. The van der Waals surface area contributed by atoms with Crippen LogP contribution in [0.2, 0.25) is 0 Å². The van der Waals surface area contributed by atoms with Crippen molar-refractivity contribution in [3.8, 4) is 5.82 Å². The van der Waals surface area contributed by atoms with Crippen molar-refractivity contribution in [3.63, 3.8) is 0 Å². The molecule has 0 aromatic carbocycles. The van der Waals surface area contributed by atoms with Crippen molar-refractivity contribution in [2.75, 3.05) is 6.26 Å². The van der Waals surface area contributed by atoms with Gasteiger partial charge in [0.05, 0.1) is 5.69 Å². The van der Waals surface area contributed by atoms with Crippen molar-refractivity contribution in [3.05, 3.63) is 36.3 Å². The summed E-state index contributed by atoms with van der Waals surface area (Å²) in [5.41, 5.74) is 1.87. The molecule has 0 aliphatic carbocycles. The first kappa shape index (κ1) is 12.1. The number of nitrogens with zero attached hydrogens (tertiary/aromatic N) is 5. The Morgan fingerprint density at radius 1 is 1.21 bits per heavy atom. The van der Waals surface area contributed by atoms with Crippen LogP contribution in [-0.2, 0) is 6.42 Å². The van der Waals surface area contributed by atoms with Crippen molar-refractivity contribution in [2.45, 2.75) is 18.5 Å². The van der Waals surface area contributed by atoms with Crippen LogP contribution in [-0.4, -0.2) is 31.0 Å². The molecule has 96 valence electrons. The summed E-state index contributed by atoms with van der Waals surface area (Å²) >= 11 is 1.51. The Labute approximate surface area is 115 Å². The zero-order valence-corrected chi connectivity index (χ0v) is 11.6. The van der Waals surface area contributed by atoms with Crippen LogP contribution in [0.1, 0.15) is 12.6 Å². The van der Waals surface area contributed by atoms with Gasteiger partial charge in [-0.15, -0.1) is 0 Å². The van der Waals surface area contributed by atoms with E-state index in [9.17, 15) is 0 Å². The van der Waals surface area contributed by atoms with Gasteiger partial charge in [-0.25, -0.2) is 15.0 Å². The molecule has 0 N–H and O–H groups in total. The van der Waals surface area contributed by atoms with Crippen LogP contribution in [0.3, 0.4) is 0 Å². The second-order valence-corrected chi connectivity index (χ2v) is 4.76. The van der Waals surface area contributed by atoms with Crippen LogP contribution in [0.25, 0.3) is 16.9 Å². The number of hydrogen-bond acceptors (Lipinski definition) is 5. The second kappa shape index (κ2) is 4.97. The fourth-order valence-corrected chi connectivity index (χ4v) is 2.33. The minimum Gasteiger partial charge on any atom is -0.236 e. The fraction of sp³-hybridized carbons (Fsp3) is 0.231. The van der Waals surface area contributed by atoms with E-state index >= 15 is 0 Å². The summed E-state index contributed by atoms with van der Waals surface area (Å²) in [6.45, 7) is 2.09. The highest BCUT2D eigenvalue weighted by Crippen LogP contribution is 2.20. The maximum atomic E-state index is 4.61. The van der Waals surface area contributed by atoms with Crippen LogP contribution in [0, 0.1) is 0 Å². The minimum atomic E-state index is 0.732. The minimum absolute atomic E-state index is 0.732. The number of thioether (sulfide) groups is 1. The molecule has 0 bridgehead atoms. The van der Waals surface area contributed by atoms with Gasteiger partial charge in [0.1, 0.15) is 0 Å². The third-order valence-corrected chi connectivity index (χ3v) is 3.43. The molecule has 0 aliphatic rings. The van der Waals surface area contributed by atoms with Gasteiger partial charge < -0.3 is 0 Å². The lowest BCUT2D eigenvalue weighted by Gasteiger charge is -2.02. The molecule has 0 fully saturated rings. The van der Waals surface area contributed by atoms with Crippen LogP contribution in [0.4, 0.5) is 0 Å². The summed E-state index contributed by atoms with van der Waals surface area (Å²) in [5.74, 6) is 0.753. The second-order valence-electron chi connectivity index (χ2n) is 3.99. The molecule has 6 heteroatoms. The molecule has 0 aliphatic heterocycles. The number of rotatable bonds is 3. The molecule has 5 nitrogen and oxygen atoms in total. The lowest BCUT2D eigenvalue weighted by Crippen LogP contribution is -2.02. The van der Waals surface area contributed by atoms with Gasteiger partial charge in [-0.05, 0) is 24.8 Å². The number of pyridine rings is 1. The Balaban J connectivity index is 2.24. The Morgan fingerprint density at radius 2 is 2.11 bits per heavy atom. The molecular formula is C13H13N5S. The van der Waals surface area contributed by atoms with Gasteiger partial charge >= 0.3 is 0 Å². The molecule has 19 heavy (non-hydrogen) atoms. The van der Waals surface area contributed by atoms with Crippen molar-refractivity contribution in [1.82, 2.24) is 24.7 Å². The zero-order chi connectivity index (χ0) is 13.2. The molecule has 0 unspecified atom stereocenters. The lowest BCUT2D eigenvalue weighted by atomic mass is 10.2. The molecule has 0 saturated carbocycles. The number of aromatic nitrogens is 5. The molecule has 3 aromatic rings. The van der Waals surface area contributed by atoms with Crippen molar-refractivity contribution >= 4 is 22.8 Å². The molecule has 3 aromatic heterocycles. The van der Waals surface area contributed by atoms with Gasteiger partial charge in [0.25, 0.3) is 0 Å². The first-order chi connectivity index (χ1) is 9.33. The first-order valence-corrected chi connectivity index (χ1v) is 7.26. The van der Waals surface area contributed by atoms with E-state index in [1.165, 1.54) is 11.8 Å². The Morgan fingerprint density at radius 3 is 2.89 bits per heavy atom. The van der Waals surface area contributed by atoms with Gasteiger partial charge in [0, 0.05) is 23.8 Å². The molecule has 3 rings (SSSR count). The lowest BCUT2D eigenvalue weighted by molar-refractivity contribution is 0.798. The van der Waals surface area contributed by atoms with E-state index in [0.29, 0.717) is 0 Å². The van der Waals surface area contributed by atoms with E-state index < -0.39 is 0 Å². The summed E-state index contributed by atoms with van der Waals surface area (Å²) in [6, 6.07) is 5.82.